The van der Waals surface area contributed by atoms with Crippen LogP contribution in [0.3, 0.4) is 0 Å². The van der Waals surface area contributed by atoms with Gasteiger partial charge in [0.1, 0.15) is 5.42 Å². The molecule has 1 aliphatic rings. The first-order valence-electron chi connectivity index (χ1n) is 7.85. The molecule has 24 heavy (non-hydrogen) atoms. The molecule has 2 heterocycles. The summed E-state index contributed by atoms with van der Waals surface area (Å²) in [6, 6.07) is 22.7. The Bertz CT molecular complexity index is 941. The minimum atomic E-state index is -2.27. The number of hydrogen-bond donors (Lipinski definition) is 1. The summed E-state index contributed by atoms with van der Waals surface area (Å²) in [5.41, 5.74) is 1.65. The molecule has 0 saturated carbocycles. The van der Waals surface area contributed by atoms with E-state index in [4.69, 9.17) is 0 Å². The van der Waals surface area contributed by atoms with Crippen molar-refractivity contribution >= 4 is 40.2 Å². The molecule has 0 atom stereocenters. The molecular formula is C20H17N2OP. The van der Waals surface area contributed by atoms with Crippen molar-refractivity contribution in [2.24, 2.45) is 4.99 Å². The SMILES string of the molecule is CC(=O)C1=P(c2ccccc2)(c2ccccc2)c2cc[nH]c2C=N1. The van der Waals surface area contributed by atoms with Gasteiger partial charge in [-0.2, -0.15) is 0 Å². The number of carbonyl (C=O) groups excluding carboxylic acids is 1. The van der Waals surface area contributed by atoms with E-state index < -0.39 is 6.89 Å². The summed E-state index contributed by atoms with van der Waals surface area (Å²) < 4.78 is 0. The van der Waals surface area contributed by atoms with Crippen LogP contribution in [0, 0.1) is 0 Å². The van der Waals surface area contributed by atoms with E-state index in [1.807, 2.05) is 42.6 Å². The fraction of sp³-hybridized carbons (Fsp3) is 0.0500. The number of benzene rings is 2. The first-order valence-corrected chi connectivity index (χ1v) is 9.64. The zero-order chi connectivity index (χ0) is 16.6. The van der Waals surface area contributed by atoms with E-state index in [1.165, 1.54) is 5.30 Å². The van der Waals surface area contributed by atoms with Crippen molar-refractivity contribution in [3.8, 4) is 0 Å². The zero-order valence-electron chi connectivity index (χ0n) is 13.3. The number of nitrogens with zero attached hydrogens (tertiary/aromatic N) is 1. The third kappa shape index (κ3) is 2.05. The van der Waals surface area contributed by atoms with Crippen LogP contribution in [0.4, 0.5) is 0 Å². The summed E-state index contributed by atoms with van der Waals surface area (Å²) >= 11 is 0. The second-order valence-corrected chi connectivity index (χ2v) is 9.04. The van der Waals surface area contributed by atoms with Gasteiger partial charge in [-0.25, -0.2) is 4.99 Å². The van der Waals surface area contributed by atoms with E-state index in [9.17, 15) is 4.79 Å². The van der Waals surface area contributed by atoms with Crippen molar-refractivity contribution in [2.45, 2.75) is 6.92 Å². The molecule has 118 valence electrons. The fourth-order valence-electron chi connectivity index (χ4n) is 3.40. The third-order valence-corrected chi connectivity index (χ3v) is 8.68. The maximum atomic E-state index is 12.6. The molecule has 0 bridgehead atoms. The first kappa shape index (κ1) is 14.9. The van der Waals surface area contributed by atoms with Gasteiger partial charge in [-0.3, -0.25) is 4.79 Å². The van der Waals surface area contributed by atoms with E-state index in [0.717, 1.165) is 16.3 Å². The van der Waals surface area contributed by atoms with Crippen molar-refractivity contribution in [1.82, 2.24) is 4.98 Å². The van der Waals surface area contributed by atoms with Gasteiger partial charge in [0.25, 0.3) is 0 Å². The van der Waals surface area contributed by atoms with E-state index in [0.29, 0.717) is 5.42 Å². The van der Waals surface area contributed by atoms with E-state index >= 15 is 0 Å². The second kappa shape index (κ2) is 5.77. The molecule has 1 aliphatic heterocycles. The molecule has 1 N–H and O–H groups in total. The zero-order valence-corrected chi connectivity index (χ0v) is 14.2. The number of aromatic amines is 1. The van der Waals surface area contributed by atoms with Crippen LogP contribution in [0.25, 0.3) is 0 Å². The first-order chi connectivity index (χ1) is 11.7. The topological polar surface area (TPSA) is 45.2 Å². The maximum absolute atomic E-state index is 12.6. The van der Waals surface area contributed by atoms with E-state index in [1.54, 1.807) is 13.1 Å². The van der Waals surface area contributed by atoms with Crippen LogP contribution in [0.5, 0.6) is 0 Å². The predicted octanol–water partition coefficient (Wildman–Crippen LogP) is 2.46. The van der Waals surface area contributed by atoms with Gasteiger partial charge in [0.05, 0.1) is 11.9 Å². The summed E-state index contributed by atoms with van der Waals surface area (Å²) in [6.07, 6.45) is 3.70. The van der Waals surface area contributed by atoms with Crippen LogP contribution < -0.4 is 15.9 Å². The molecular weight excluding hydrogens is 315 g/mol. The molecule has 0 unspecified atom stereocenters. The Kier molecular flexibility index (Phi) is 3.59. The Morgan fingerprint density at radius 2 is 1.50 bits per heavy atom. The molecule has 1 aromatic heterocycles. The smallest absolute Gasteiger partial charge is 0.179 e. The van der Waals surface area contributed by atoms with Crippen LogP contribution in [0.15, 0.2) is 77.9 Å². The molecule has 4 rings (SSSR count). The molecule has 4 heteroatoms. The highest BCUT2D eigenvalue weighted by Crippen LogP contribution is 2.48. The number of aliphatic imine (C=N–C) groups is 1. The lowest BCUT2D eigenvalue weighted by Gasteiger charge is -2.31. The standard InChI is InChI=1S/C20H17N2OP/c1-15(23)20-22-14-18-19(12-13-21-18)24(20,16-8-4-2-5-9-16)17-10-6-3-7-11-17/h2-14,21H,1H3. The highest BCUT2D eigenvalue weighted by atomic mass is 31.2. The Morgan fingerprint density at radius 3 is 2.04 bits per heavy atom. The number of fused-ring (bicyclic) bond motifs is 1. The van der Waals surface area contributed by atoms with Crippen LogP contribution >= 0.6 is 6.89 Å². The number of H-pyrrole nitrogens is 1. The summed E-state index contributed by atoms with van der Waals surface area (Å²) in [7, 11) is 0. The van der Waals surface area contributed by atoms with Gasteiger partial charge in [-0.1, -0.05) is 60.7 Å². The molecule has 0 aliphatic carbocycles. The largest absolute Gasteiger partial charge is 0.360 e. The van der Waals surface area contributed by atoms with Gasteiger partial charge >= 0.3 is 0 Å². The second-order valence-electron chi connectivity index (χ2n) is 5.76. The summed E-state index contributed by atoms with van der Waals surface area (Å²) in [5.74, 6) is 0.0270. The van der Waals surface area contributed by atoms with Gasteiger partial charge in [0.15, 0.2) is 5.78 Å². The maximum Gasteiger partial charge on any atom is 0.179 e. The third-order valence-electron chi connectivity index (χ3n) is 4.35. The monoisotopic (exact) mass is 332 g/mol. The van der Waals surface area contributed by atoms with Gasteiger partial charge in [-0.15, -0.1) is 0 Å². The Labute approximate surface area is 141 Å². The van der Waals surface area contributed by atoms with Crippen molar-refractivity contribution < 1.29 is 4.79 Å². The molecule has 0 amide bonds. The number of aromatic nitrogens is 1. The molecule has 2 aromatic carbocycles. The molecule has 0 fully saturated rings. The molecule has 3 aromatic rings. The average molecular weight is 332 g/mol. The Balaban J connectivity index is 2.25. The number of rotatable bonds is 3. The van der Waals surface area contributed by atoms with Crippen LogP contribution in [0.2, 0.25) is 0 Å². The summed E-state index contributed by atoms with van der Waals surface area (Å²) in [5, 5.41) is 3.47. The number of carbonyl (C=O) groups is 1. The normalized spacial score (nSPS) is 15.1. The van der Waals surface area contributed by atoms with Crippen LogP contribution in [0.1, 0.15) is 12.6 Å². The molecule has 0 spiro atoms. The quantitative estimate of drug-likeness (QED) is 0.736. The minimum absolute atomic E-state index is 0.0270. The molecule has 3 nitrogen and oxygen atoms in total. The van der Waals surface area contributed by atoms with Gasteiger partial charge in [0.2, 0.25) is 0 Å². The fourth-order valence-corrected chi connectivity index (χ4v) is 7.69. The van der Waals surface area contributed by atoms with E-state index in [-0.39, 0.29) is 5.78 Å². The van der Waals surface area contributed by atoms with Crippen molar-refractivity contribution in [3.05, 3.63) is 78.6 Å². The van der Waals surface area contributed by atoms with Crippen molar-refractivity contribution in [2.75, 3.05) is 0 Å². The van der Waals surface area contributed by atoms with Crippen LogP contribution in [-0.2, 0) is 4.79 Å². The minimum Gasteiger partial charge on any atom is -0.360 e. The van der Waals surface area contributed by atoms with Crippen molar-refractivity contribution in [1.29, 1.82) is 0 Å². The average Bonchev–Trinajstić information content (AvgIpc) is 3.11. The summed E-state index contributed by atoms with van der Waals surface area (Å²) in [6.45, 7) is -0.649. The summed E-state index contributed by atoms with van der Waals surface area (Å²) in [4.78, 5) is 20.4. The van der Waals surface area contributed by atoms with E-state index in [2.05, 4.69) is 40.3 Å². The van der Waals surface area contributed by atoms with Gasteiger partial charge in [0, 0.05) is 25.3 Å². The lowest BCUT2D eigenvalue weighted by Crippen LogP contribution is -2.35. The van der Waals surface area contributed by atoms with Gasteiger partial charge in [-0.05, 0) is 16.7 Å². The Hall–Kier alpha value is -2.64. The van der Waals surface area contributed by atoms with Gasteiger partial charge < -0.3 is 4.98 Å². The van der Waals surface area contributed by atoms with Crippen molar-refractivity contribution in [3.63, 3.8) is 0 Å². The number of hydrogen-bond acceptors (Lipinski definition) is 2. The number of Topliss-reactive ketones (excluding diaryl/α,β-unsaturated/α-hetero) is 1. The highest BCUT2D eigenvalue weighted by Gasteiger charge is 2.35. The lowest BCUT2D eigenvalue weighted by atomic mass is 10.4. The lowest BCUT2D eigenvalue weighted by molar-refractivity contribution is -0.110. The molecule has 0 radical (unpaired) electrons. The Morgan fingerprint density at radius 1 is 0.917 bits per heavy atom. The predicted molar refractivity (Wildman–Crippen MR) is 103 cm³/mol. The van der Waals surface area contributed by atoms with Crippen LogP contribution in [-0.4, -0.2) is 22.4 Å². The number of nitrogens with one attached hydrogen (secondary N) is 1. The number of ketones is 1. The molecule has 0 saturated heterocycles. The highest BCUT2D eigenvalue weighted by molar-refractivity contribution is 7.96.